The molecule has 24 heavy (non-hydrogen) atoms. The maximum absolute atomic E-state index is 12.2. The molecule has 1 unspecified atom stereocenters. The summed E-state index contributed by atoms with van der Waals surface area (Å²) in [6, 6.07) is 10.0. The molecule has 1 aromatic heterocycles. The summed E-state index contributed by atoms with van der Waals surface area (Å²) in [6.45, 7) is 4.00. The van der Waals surface area contributed by atoms with Crippen molar-refractivity contribution in [2.45, 2.75) is 26.3 Å². The van der Waals surface area contributed by atoms with Gasteiger partial charge < -0.3 is 15.7 Å². The maximum Gasteiger partial charge on any atom is 0.265 e. The van der Waals surface area contributed by atoms with Gasteiger partial charge in [0.25, 0.3) is 11.8 Å². The van der Waals surface area contributed by atoms with E-state index in [4.69, 9.17) is 0 Å². The van der Waals surface area contributed by atoms with Gasteiger partial charge in [-0.25, -0.2) is 0 Å². The van der Waals surface area contributed by atoms with Crippen LogP contribution < -0.4 is 10.6 Å². The van der Waals surface area contributed by atoms with E-state index < -0.39 is 0 Å². The number of hydrogen-bond acceptors (Lipinski definition) is 4. The Morgan fingerprint density at radius 3 is 2.38 bits per heavy atom. The molecule has 1 aromatic carbocycles. The summed E-state index contributed by atoms with van der Waals surface area (Å²) < 4.78 is 0. The summed E-state index contributed by atoms with van der Waals surface area (Å²) >= 11 is 1.37. The first kappa shape index (κ1) is 18.2. The van der Waals surface area contributed by atoms with Crippen LogP contribution in [0.3, 0.4) is 0 Å². The highest BCUT2D eigenvalue weighted by atomic mass is 32.1. The molecule has 0 saturated carbocycles. The number of benzene rings is 1. The fourth-order valence-electron chi connectivity index (χ4n) is 2.32. The molecular weight excluding hydrogens is 324 g/mol. The lowest BCUT2D eigenvalue weighted by molar-refractivity contribution is 0.0908. The lowest BCUT2D eigenvalue weighted by Crippen LogP contribution is -2.38. The van der Waals surface area contributed by atoms with Gasteiger partial charge in [-0.1, -0.05) is 19.9 Å². The van der Waals surface area contributed by atoms with Crippen molar-refractivity contribution >= 4 is 28.8 Å². The van der Waals surface area contributed by atoms with Gasteiger partial charge in [0.1, 0.15) is 0 Å². The molecule has 2 aromatic rings. The normalized spacial score (nSPS) is 12.0. The fourth-order valence-corrected chi connectivity index (χ4v) is 2.94. The van der Waals surface area contributed by atoms with Gasteiger partial charge >= 0.3 is 0 Å². The van der Waals surface area contributed by atoms with Gasteiger partial charge in [-0.2, -0.15) is 0 Å². The van der Waals surface area contributed by atoms with E-state index in [0.29, 0.717) is 22.0 Å². The van der Waals surface area contributed by atoms with Crippen LogP contribution >= 0.6 is 11.3 Å². The summed E-state index contributed by atoms with van der Waals surface area (Å²) in [5.74, 6) is -0.0115. The van der Waals surface area contributed by atoms with Gasteiger partial charge in [0.15, 0.2) is 0 Å². The molecule has 6 heteroatoms. The highest BCUT2D eigenvalue weighted by molar-refractivity contribution is 7.12. The number of thiophene rings is 1. The minimum atomic E-state index is -0.254. The van der Waals surface area contributed by atoms with Gasteiger partial charge in [-0.3, -0.25) is 9.59 Å². The number of hydrogen-bond donors (Lipinski definition) is 3. The van der Waals surface area contributed by atoms with Crippen LogP contribution in [0.15, 0.2) is 41.8 Å². The molecule has 0 fully saturated rings. The van der Waals surface area contributed by atoms with E-state index in [0.717, 1.165) is 6.42 Å². The van der Waals surface area contributed by atoms with Crippen molar-refractivity contribution in [1.82, 2.24) is 5.32 Å². The first-order valence-corrected chi connectivity index (χ1v) is 8.74. The lowest BCUT2D eigenvalue weighted by atomic mass is 10.0. The molecule has 0 saturated heterocycles. The molecule has 2 amide bonds. The van der Waals surface area contributed by atoms with E-state index in [-0.39, 0.29) is 24.5 Å². The molecule has 0 radical (unpaired) electrons. The summed E-state index contributed by atoms with van der Waals surface area (Å²) in [7, 11) is 0. The number of carbonyl (C=O) groups excluding carboxylic acids is 2. The Morgan fingerprint density at radius 2 is 1.83 bits per heavy atom. The van der Waals surface area contributed by atoms with Crippen molar-refractivity contribution in [2.24, 2.45) is 5.92 Å². The van der Waals surface area contributed by atoms with E-state index in [9.17, 15) is 14.7 Å². The molecule has 3 N–H and O–H groups in total. The Kier molecular flexibility index (Phi) is 6.52. The summed E-state index contributed by atoms with van der Waals surface area (Å²) in [5, 5.41) is 16.8. The minimum absolute atomic E-state index is 0.0844. The molecule has 5 nitrogen and oxygen atoms in total. The molecule has 1 atom stereocenters. The first-order chi connectivity index (χ1) is 11.5. The van der Waals surface area contributed by atoms with Crippen LogP contribution in [0.1, 0.15) is 40.3 Å². The third-order valence-electron chi connectivity index (χ3n) is 3.46. The van der Waals surface area contributed by atoms with Crippen LogP contribution in [0, 0.1) is 5.92 Å². The van der Waals surface area contributed by atoms with Gasteiger partial charge in [0.05, 0.1) is 17.5 Å². The standard InChI is InChI=1S/C18H22N2O3S/c1-12(2)10-15(11-21)20-17(22)13-5-7-14(8-6-13)19-18(23)16-4-3-9-24-16/h3-9,12,15,21H,10-11H2,1-2H3,(H,19,23)(H,20,22). The first-order valence-electron chi connectivity index (χ1n) is 7.86. The number of nitrogens with one attached hydrogen (secondary N) is 2. The summed E-state index contributed by atoms with van der Waals surface area (Å²) in [4.78, 5) is 24.8. The zero-order valence-corrected chi connectivity index (χ0v) is 14.6. The smallest absolute Gasteiger partial charge is 0.265 e. The van der Waals surface area contributed by atoms with E-state index in [1.165, 1.54) is 11.3 Å². The molecule has 0 spiro atoms. The Balaban J connectivity index is 1.95. The van der Waals surface area contributed by atoms with Crippen molar-refractivity contribution in [1.29, 1.82) is 0 Å². The molecule has 0 aliphatic carbocycles. The molecular formula is C18H22N2O3S. The van der Waals surface area contributed by atoms with Crippen LogP contribution in [-0.2, 0) is 0 Å². The third-order valence-corrected chi connectivity index (χ3v) is 4.33. The van der Waals surface area contributed by atoms with Gasteiger partial charge in [0.2, 0.25) is 0 Å². The Bertz CT molecular complexity index is 666. The number of rotatable bonds is 7. The van der Waals surface area contributed by atoms with E-state index >= 15 is 0 Å². The maximum atomic E-state index is 12.2. The zero-order valence-electron chi connectivity index (χ0n) is 13.8. The van der Waals surface area contributed by atoms with Crippen molar-refractivity contribution in [3.05, 3.63) is 52.2 Å². The van der Waals surface area contributed by atoms with Crippen LogP contribution in [0.2, 0.25) is 0 Å². The SMILES string of the molecule is CC(C)CC(CO)NC(=O)c1ccc(NC(=O)c2cccs2)cc1. The average molecular weight is 346 g/mol. The van der Waals surface area contributed by atoms with Crippen molar-refractivity contribution in [3.8, 4) is 0 Å². The molecule has 0 bridgehead atoms. The largest absolute Gasteiger partial charge is 0.394 e. The van der Waals surface area contributed by atoms with Gasteiger partial charge in [0, 0.05) is 11.3 Å². The number of amides is 2. The highest BCUT2D eigenvalue weighted by Gasteiger charge is 2.14. The topological polar surface area (TPSA) is 78.4 Å². The zero-order chi connectivity index (χ0) is 17.5. The molecule has 1 heterocycles. The van der Waals surface area contributed by atoms with Crippen molar-refractivity contribution in [2.75, 3.05) is 11.9 Å². The van der Waals surface area contributed by atoms with Gasteiger partial charge in [-0.05, 0) is 48.1 Å². The van der Waals surface area contributed by atoms with Crippen molar-refractivity contribution < 1.29 is 14.7 Å². The number of aliphatic hydroxyl groups is 1. The predicted octanol–water partition coefficient (Wildman–Crippen LogP) is 3.14. The van der Waals surface area contributed by atoms with E-state index in [1.54, 1.807) is 30.3 Å². The van der Waals surface area contributed by atoms with Crippen LogP contribution in [0.25, 0.3) is 0 Å². The molecule has 2 rings (SSSR count). The predicted molar refractivity (Wildman–Crippen MR) is 96.5 cm³/mol. The van der Waals surface area contributed by atoms with Crippen LogP contribution in [-0.4, -0.2) is 29.6 Å². The Hall–Kier alpha value is -2.18. The number of carbonyl (C=O) groups is 2. The van der Waals surface area contributed by atoms with Crippen molar-refractivity contribution in [3.63, 3.8) is 0 Å². The summed E-state index contributed by atoms with van der Waals surface area (Å²) in [6.07, 6.45) is 0.719. The fraction of sp³-hybridized carbons (Fsp3) is 0.333. The average Bonchev–Trinajstić information content (AvgIpc) is 3.09. The van der Waals surface area contributed by atoms with E-state index in [1.807, 2.05) is 25.3 Å². The lowest BCUT2D eigenvalue weighted by Gasteiger charge is -2.18. The second kappa shape index (κ2) is 8.61. The number of aliphatic hydroxyl groups excluding tert-OH is 1. The molecule has 128 valence electrons. The monoisotopic (exact) mass is 346 g/mol. The third kappa shape index (κ3) is 5.18. The van der Waals surface area contributed by atoms with Crippen LogP contribution in [0.5, 0.6) is 0 Å². The van der Waals surface area contributed by atoms with E-state index in [2.05, 4.69) is 10.6 Å². The van der Waals surface area contributed by atoms with Crippen LogP contribution in [0.4, 0.5) is 5.69 Å². The second-order valence-corrected chi connectivity index (χ2v) is 6.94. The molecule has 0 aliphatic rings. The Morgan fingerprint density at radius 1 is 1.12 bits per heavy atom. The minimum Gasteiger partial charge on any atom is -0.394 e. The Labute approximate surface area is 145 Å². The van der Waals surface area contributed by atoms with Gasteiger partial charge in [-0.15, -0.1) is 11.3 Å². The second-order valence-electron chi connectivity index (χ2n) is 5.99. The summed E-state index contributed by atoms with van der Waals surface area (Å²) in [5.41, 5.74) is 1.12. The molecule has 0 aliphatic heterocycles. The highest BCUT2D eigenvalue weighted by Crippen LogP contribution is 2.14. The number of anilines is 1. The quantitative estimate of drug-likeness (QED) is 0.721.